The second-order valence-electron chi connectivity index (χ2n) is 6.21. The van der Waals surface area contributed by atoms with Crippen LogP contribution in [0.5, 0.6) is 0 Å². The number of nitrogens with two attached hydrogens (primary N) is 1. The van der Waals surface area contributed by atoms with Gasteiger partial charge in [-0.2, -0.15) is 0 Å². The van der Waals surface area contributed by atoms with Crippen molar-refractivity contribution in [1.82, 2.24) is 20.2 Å². The van der Waals surface area contributed by atoms with Crippen LogP contribution < -0.4 is 11.2 Å². The molecular formula is C17H23N5OS. The fourth-order valence-electron chi connectivity index (χ4n) is 2.97. The van der Waals surface area contributed by atoms with E-state index in [1.807, 2.05) is 6.92 Å². The van der Waals surface area contributed by atoms with E-state index in [2.05, 4.69) is 33.7 Å². The Kier molecular flexibility index (Phi) is 5.08. The van der Waals surface area contributed by atoms with Crippen LogP contribution >= 0.6 is 11.8 Å². The summed E-state index contributed by atoms with van der Waals surface area (Å²) >= 11 is 1.29. The molecule has 0 unspecified atom stereocenters. The van der Waals surface area contributed by atoms with Crippen molar-refractivity contribution in [2.45, 2.75) is 50.7 Å². The van der Waals surface area contributed by atoms with Crippen molar-refractivity contribution in [3.8, 4) is 0 Å². The number of hydrogen-bond donors (Lipinski definition) is 2. The van der Waals surface area contributed by atoms with E-state index in [1.165, 1.54) is 46.8 Å². The maximum absolute atomic E-state index is 12.2. The quantitative estimate of drug-likeness (QED) is 0.640. The molecular weight excluding hydrogens is 322 g/mol. The molecule has 2 aromatic rings. The third-order valence-corrected chi connectivity index (χ3v) is 5.36. The van der Waals surface area contributed by atoms with Crippen LogP contribution in [-0.2, 0) is 17.6 Å². The van der Waals surface area contributed by atoms with E-state index in [4.69, 9.17) is 5.84 Å². The second kappa shape index (κ2) is 7.25. The van der Waals surface area contributed by atoms with Gasteiger partial charge in [0.1, 0.15) is 5.82 Å². The number of thioether (sulfide) groups is 1. The fraction of sp³-hybridized carbons (Fsp3) is 0.471. The van der Waals surface area contributed by atoms with Gasteiger partial charge in [0.2, 0.25) is 11.1 Å². The number of hydrogen-bond acceptors (Lipinski definition) is 5. The highest BCUT2D eigenvalue weighted by atomic mass is 32.2. The molecule has 1 heterocycles. The second-order valence-corrected chi connectivity index (χ2v) is 7.16. The van der Waals surface area contributed by atoms with Crippen LogP contribution in [0.4, 0.5) is 0 Å². The van der Waals surface area contributed by atoms with Gasteiger partial charge in [0.25, 0.3) is 0 Å². The zero-order valence-electron chi connectivity index (χ0n) is 14.1. The molecule has 24 heavy (non-hydrogen) atoms. The largest absolute Gasteiger partial charge is 0.349 e. The molecule has 6 nitrogen and oxygen atoms in total. The van der Waals surface area contributed by atoms with Gasteiger partial charge in [-0.15, -0.1) is 10.2 Å². The molecule has 0 spiro atoms. The third kappa shape index (κ3) is 3.72. The number of nitrogens with zero attached hydrogens (tertiary/aromatic N) is 3. The summed E-state index contributed by atoms with van der Waals surface area (Å²) in [6.07, 6.45) is 4.85. The van der Waals surface area contributed by atoms with Crippen LogP contribution in [0, 0.1) is 6.92 Å². The van der Waals surface area contributed by atoms with Gasteiger partial charge in [0.05, 0.1) is 11.8 Å². The Bertz CT molecular complexity index is 743. The van der Waals surface area contributed by atoms with E-state index < -0.39 is 0 Å². The van der Waals surface area contributed by atoms with E-state index in [9.17, 15) is 4.79 Å². The maximum Gasteiger partial charge on any atom is 0.230 e. The predicted octanol–water partition coefficient (Wildman–Crippen LogP) is 2.15. The van der Waals surface area contributed by atoms with Gasteiger partial charge >= 0.3 is 0 Å². The Hall–Kier alpha value is -2.02. The van der Waals surface area contributed by atoms with E-state index in [1.54, 1.807) is 6.92 Å². The number of benzene rings is 1. The topological polar surface area (TPSA) is 85.8 Å². The molecule has 1 aromatic heterocycles. The van der Waals surface area contributed by atoms with Crippen molar-refractivity contribution in [2.75, 3.05) is 11.6 Å². The fourth-order valence-corrected chi connectivity index (χ4v) is 3.68. The standard InChI is InChI=1S/C17H23N5OS/c1-11(14-8-7-13-5-3-4-6-15(13)9-14)19-16(23)10-24-17-21-20-12(2)22(17)18/h7-9,11H,3-6,10,18H2,1-2H3,(H,19,23)/t11-/m0/s1. The molecule has 1 aliphatic carbocycles. The van der Waals surface area contributed by atoms with Gasteiger partial charge in [0.15, 0.2) is 0 Å². The van der Waals surface area contributed by atoms with Crippen molar-refractivity contribution in [3.63, 3.8) is 0 Å². The highest BCUT2D eigenvalue weighted by molar-refractivity contribution is 7.99. The highest BCUT2D eigenvalue weighted by Crippen LogP contribution is 2.25. The number of aryl methyl sites for hydroxylation is 3. The first-order valence-electron chi connectivity index (χ1n) is 8.25. The lowest BCUT2D eigenvalue weighted by atomic mass is 9.89. The Morgan fingerprint density at radius 2 is 2.08 bits per heavy atom. The van der Waals surface area contributed by atoms with E-state index >= 15 is 0 Å². The van der Waals surface area contributed by atoms with Crippen LogP contribution in [-0.4, -0.2) is 26.5 Å². The summed E-state index contributed by atoms with van der Waals surface area (Å²) in [4.78, 5) is 12.2. The van der Waals surface area contributed by atoms with Crippen molar-refractivity contribution >= 4 is 17.7 Å². The summed E-state index contributed by atoms with van der Waals surface area (Å²) in [6.45, 7) is 3.79. The normalized spacial score (nSPS) is 14.9. The molecule has 0 bridgehead atoms. The number of rotatable bonds is 5. The minimum Gasteiger partial charge on any atom is -0.349 e. The Morgan fingerprint density at radius 1 is 1.33 bits per heavy atom. The third-order valence-electron chi connectivity index (χ3n) is 4.42. The Labute approximate surface area is 146 Å². The predicted molar refractivity (Wildman–Crippen MR) is 95.3 cm³/mol. The summed E-state index contributed by atoms with van der Waals surface area (Å²) < 4.78 is 1.39. The highest BCUT2D eigenvalue weighted by Gasteiger charge is 2.15. The average Bonchev–Trinajstić information content (AvgIpc) is 2.91. The van der Waals surface area contributed by atoms with Crippen molar-refractivity contribution in [1.29, 1.82) is 0 Å². The molecule has 0 fully saturated rings. The monoisotopic (exact) mass is 345 g/mol. The molecule has 0 aliphatic heterocycles. The number of aromatic nitrogens is 3. The summed E-state index contributed by atoms with van der Waals surface area (Å²) in [5.74, 6) is 6.64. The zero-order valence-corrected chi connectivity index (χ0v) is 14.9. The van der Waals surface area contributed by atoms with E-state index in [0.717, 1.165) is 12.0 Å². The molecule has 128 valence electrons. The first-order chi connectivity index (χ1) is 11.5. The van der Waals surface area contributed by atoms with E-state index in [0.29, 0.717) is 11.0 Å². The molecule has 7 heteroatoms. The summed E-state index contributed by atoms with van der Waals surface area (Å²) in [7, 11) is 0. The lowest BCUT2D eigenvalue weighted by Gasteiger charge is -2.20. The van der Waals surface area contributed by atoms with Gasteiger partial charge in [-0.1, -0.05) is 30.0 Å². The first kappa shape index (κ1) is 16.8. The van der Waals surface area contributed by atoms with E-state index in [-0.39, 0.29) is 17.7 Å². The van der Waals surface area contributed by atoms with Crippen LogP contribution in [0.15, 0.2) is 23.4 Å². The molecule has 1 aliphatic rings. The van der Waals surface area contributed by atoms with Gasteiger partial charge in [-0.25, -0.2) is 4.68 Å². The van der Waals surface area contributed by atoms with Crippen molar-refractivity contribution in [3.05, 3.63) is 40.7 Å². The molecule has 1 aromatic carbocycles. The molecule has 0 saturated heterocycles. The van der Waals surface area contributed by atoms with Crippen LogP contribution in [0.25, 0.3) is 0 Å². The SMILES string of the molecule is Cc1nnc(SCC(=O)N[C@@H](C)c2ccc3c(c2)CCCC3)n1N. The zero-order chi connectivity index (χ0) is 17.1. The minimum atomic E-state index is -0.0362. The van der Waals surface area contributed by atoms with Gasteiger partial charge in [0, 0.05) is 0 Å². The summed E-state index contributed by atoms with van der Waals surface area (Å²) in [5.41, 5.74) is 4.05. The van der Waals surface area contributed by atoms with Crippen LogP contribution in [0.1, 0.15) is 48.3 Å². The Morgan fingerprint density at radius 3 is 2.79 bits per heavy atom. The molecule has 0 radical (unpaired) electrons. The summed E-state index contributed by atoms with van der Waals surface area (Å²) in [6, 6.07) is 6.57. The maximum atomic E-state index is 12.2. The number of fused-ring (bicyclic) bond motifs is 1. The molecule has 0 saturated carbocycles. The lowest BCUT2D eigenvalue weighted by Crippen LogP contribution is -2.28. The lowest BCUT2D eigenvalue weighted by molar-refractivity contribution is -0.119. The van der Waals surface area contributed by atoms with Crippen LogP contribution in [0.3, 0.4) is 0 Å². The summed E-state index contributed by atoms with van der Waals surface area (Å²) in [5, 5.41) is 11.4. The number of carbonyl (C=O) groups is 1. The molecule has 1 atom stereocenters. The Balaban J connectivity index is 1.57. The molecule has 1 amide bonds. The average molecular weight is 345 g/mol. The van der Waals surface area contributed by atoms with Crippen molar-refractivity contribution < 1.29 is 4.79 Å². The number of nitrogen functional groups attached to an aromatic ring is 1. The minimum absolute atomic E-state index is 0.0113. The number of amides is 1. The molecule has 3 N–H and O–H groups in total. The van der Waals surface area contributed by atoms with Crippen LogP contribution in [0.2, 0.25) is 0 Å². The van der Waals surface area contributed by atoms with Crippen molar-refractivity contribution in [2.24, 2.45) is 0 Å². The van der Waals surface area contributed by atoms with Gasteiger partial charge < -0.3 is 11.2 Å². The smallest absolute Gasteiger partial charge is 0.230 e. The van der Waals surface area contributed by atoms with Gasteiger partial charge in [-0.3, -0.25) is 4.79 Å². The number of carbonyl (C=O) groups excluding carboxylic acids is 1. The molecule has 3 rings (SSSR count). The first-order valence-corrected chi connectivity index (χ1v) is 9.24. The number of nitrogens with one attached hydrogen (secondary N) is 1. The van der Waals surface area contributed by atoms with Gasteiger partial charge in [-0.05, 0) is 56.2 Å².